The van der Waals surface area contributed by atoms with Crippen molar-refractivity contribution in [2.24, 2.45) is 0 Å². The molecule has 0 aliphatic rings. The number of rotatable bonds is 3. The third kappa shape index (κ3) is 2.79. The number of nitrogens with zero attached hydrogens (tertiary/aromatic N) is 3. The molecule has 0 spiro atoms. The normalized spacial score (nSPS) is 11.6. The van der Waals surface area contributed by atoms with Gasteiger partial charge < -0.3 is 5.32 Å². The lowest BCUT2D eigenvalue weighted by molar-refractivity contribution is -0.137. The van der Waals surface area contributed by atoms with Gasteiger partial charge in [0.05, 0.1) is 24.0 Å². The second kappa shape index (κ2) is 4.67. The lowest BCUT2D eigenvalue weighted by Gasteiger charge is -2.08. The van der Waals surface area contributed by atoms with E-state index in [0.29, 0.717) is 5.56 Å². The summed E-state index contributed by atoms with van der Waals surface area (Å²) in [6, 6.07) is 1.08. The summed E-state index contributed by atoms with van der Waals surface area (Å²) in [5, 5.41) is 6.91. The summed E-state index contributed by atoms with van der Waals surface area (Å²) in [6.07, 6.45) is 1.14. The van der Waals surface area contributed by atoms with Crippen molar-refractivity contribution in [1.82, 2.24) is 14.8 Å². The van der Waals surface area contributed by atoms with Crippen molar-refractivity contribution in [3.63, 3.8) is 0 Å². The van der Waals surface area contributed by atoms with Crippen molar-refractivity contribution < 1.29 is 13.2 Å². The Hall–Kier alpha value is -2.05. The average molecular weight is 256 g/mol. The highest BCUT2D eigenvalue weighted by atomic mass is 19.4. The first-order chi connectivity index (χ1) is 8.49. The maximum absolute atomic E-state index is 12.5. The van der Waals surface area contributed by atoms with Crippen molar-refractivity contribution in [2.75, 3.05) is 12.4 Å². The number of alkyl halides is 3. The van der Waals surface area contributed by atoms with E-state index in [-0.39, 0.29) is 6.54 Å². The van der Waals surface area contributed by atoms with E-state index in [1.807, 2.05) is 0 Å². The second-order valence-corrected chi connectivity index (χ2v) is 3.76. The molecule has 2 rings (SSSR count). The molecular formula is C11H11F3N4. The molecule has 2 aromatic heterocycles. The highest BCUT2D eigenvalue weighted by Crippen LogP contribution is 2.28. The minimum Gasteiger partial charge on any atom is -0.386 e. The number of hydrogen-bond donors (Lipinski definition) is 1. The minimum atomic E-state index is -4.37. The Morgan fingerprint density at radius 2 is 2.06 bits per heavy atom. The molecule has 4 nitrogen and oxygen atoms in total. The lowest BCUT2D eigenvalue weighted by Crippen LogP contribution is -2.08. The summed E-state index contributed by atoms with van der Waals surface area (Å²) in [5.41, 5.74) is 0.506. The van der Waals surface area contributed by atoms with Crippen LogP contribution in [0.3, 0.4) is 0 Å². The van der Waals surface area contributed by atoms with E-state index in [1.54, 1.807) is 24.1 Å². The van der Waals surface area contributed by atoms with Gasteiger partial charge in [-0.2, -0.15) is 18.3 Å². The van der Waals surface area contributed by atoms with Gasteiger partial charge in [0.15, 0.2) is 0 Å². The maximum Gasteiger partial charge on any atom is 0.417 e. The number of anilines is 1. The van der Waals surface area contributed by atoms with E-state index in [2.05, 4.69) is 15.4 Å². The van der Waals surface area contributed by atoms with Crippen LogP contribution < -0.4 is 5.32 Å². The van der Waals surface area contributed by atoms with Crippen LogP contribution >= 0.6 is 0 Å². The van der Waals surface area contributed by atoms with Gasteiger partial charge in [-0.25, -0.2) is 0 Å². The van der Waals surface area contributed by atoms with Gasteiger partial charge >= 0.3 is 6.18 Å². The number of halogens is 3. The number of nitrogens with one attached hydrogen (secondary N) is 1. The topological polar surface area (TPSA) is 42.7 Å². The van der Waals surface area contributed by atoms with E-state index >= 15 is 0 Å². The molecule has 0 atom stereocenters. The van der Waals surface area contributed by atoms with E-state index in [0.717, 1.165) is 18.0 Å². The van der Waals surface area contributed by atoms with Gasteiger partial charge in [0.2, 0.25) is 0 Å². The summed E-state index contributed by atoms with van der Waals surface area (Å²) < 4.78 is 39.0. The summed E-state index contributed by atoms with van der Waals surface area (Å²) in [5.74, 6) is 0. The molecule has 2 aromatic rings. The standard InChI is InChI=1S/C11H11F3N4/c1-15-10-5-17-18(7-10)6-8-2-9(4-16-3-8)11(12,13)14/h2-5,7,15H,6H2,1H3. The molecule has 0 bridgehead atoms. The SMILES string of the molecule is CNc1cnn(Cc2cncc(C(F)(F)F)c2)c1. The predicted octanol–water partition coefficient (Wildman–Crippen LogP) is 2.39. The summed E-state index contributed by atoms with van der Waals surface area (Å²) >= 11 is 0. The highest BCUT2D eigenvalue weighted by Gasteiger charge is 2.30. The molecular weight excluding hydrogens is 245 g/mol. The monoisotopic (exact) mass is 256 g/mol. The Morgan fingerprint density at radius 3 is 2.67 bits per heavy atom. The molecule has 0 fully saturated rings. The first-order valence-electron chi connectivity index (χ1n) is 5.20. The molecule has 0 unspecified atom stereocenters. The van der Waals surface area contributed by atoms with Gasteiger partial charge in [0, 0.05) is 25.6 Å². The van der Waals surface area contributed by atoms with Crippen LogP contribution in [0.2, 0.25) is 0 Å². The molecule has 0 aliphatic heterocycles. The fourth-order valence-corrected chi connectivity index (χ4v) is 1.50. The van der Waals surface area contributed by atoms with Gasteiger partial charge in [-0.05, 0) is 11.6 Å². The summed E-state index contributed by atoms with van der Waals surface area (Å²) in [4.78, 5) is 3.60. The number of hydrogen-bond acceptors (Lipinski definition) is 3. The predicted molar refractivity (Wildman–Crippen MR) is 60.1 cm³/mol. The van der Waals surface area contributed by atoms with Crippen molar-refractivity contribution in [2.45, 2.75) is 12.7 Å². The van der Waals surface area contributed by atoms with Crippen LogP contribution in [0.25, 0.3) is 0 Å². The molecule has 1 N–H and O–H groups in total. The maximum atomic E-state index is 12.5. The fourth-order valence-electron chi connectivity index (χ4n) is 1.50. The highest BCUT2D eigenvalue weighted by molar-refractivity contribution is 5.37. The molecule has 7 heteroatoms. The Labute approximate surface area is 101 Å². The zero-order valence-electron chi connectivity index (χ0n) is 9.57. The summed E-state index contributed by atoms with van der Waals surface area (Å²) in [7, 11) is 1.74. The third-order valence-corrected chi connectivity index (χ3v) is 2.39. The minimum absolute atomic E-state index is 0.249. The smallest absolute Gasteiger partial charge is 0.386 e. The van der Waals surface area contributed by atoms with Gasteiger partial charge in [-0.1, -0.05) is 0 Å². The Morgan fingerprint density at radius 1 is 1.28 bits per heavy atom. The fraction of sp³-hybridized carbons (Fsp3) is 0.273. The number of pyridine rings is 1. The van der Waals surface area contributed by atoms with Gasteiger partial charge in [-0.15, -0.1) is 0 Å². The molecule has 2 heterocycles. The first-order valence-corrected chi connectivity index (χ1v) is 5.20. The quantitative estimate of drug-likeness (QED) is 0.916. The van der Waals surface area contributed by atoms with Crippen LogP contribution in [0.5, 0.6) is 0 Å². The Kier molecular flexibility index (Phi) is 3.22. The van der Waals surface area contributed by atoms with E-state index < -0.39 is 11.7 Å². The molecule has 0 saturated carbocycles. The lowest BCUT2D eigenvalue weighted by atomic mass is 10.2. The van der Waals surface area contributed by atoms with Crippen LogP contribution in [-0.2, 0) is 12.7 Å². The van der Waals surface area contributed by atoms with E-state index in [1.165, 1.54) is 6.20 Å². The largest absolute Gasteiger partial charge is 0.417 e. The van der Waals surface area contributed by atoms with Crippen LogP contribution in [0.1, 0.15) is 11.1 Å². The zero-order chi connectivity index (χ0) is 13.2. The van der Waals surface area contributed by atoms with Crippen LogP contribution in [0.4, 0.5) is 18.9 Å². The van der Waals surface area contributed by atoms with Gasteiger partial charge in [-0.3, -0.25) is 9.67 Å². The molecule has 96 valence electrons. The third-order valence-electron chi connectivity index (χ3n) is 2.39. The average Bonchev–Trinajstić information content (AvgIpc) is 2.76. The van der Waals surface area contributed by atoms with E-state index in [9.17, 15) is 13.2 Å². The second-order valence-electron chi connectivity index (χ2n) is 3.76. The Bertz CT molecular complexity index is 533. The molecule has 18 heavy (non-hydrogen) atoms. The number of aromatic nitrogens is 3. The van der Waals surface area contributed by atoms with Crippen molar-refractivity contribution in [3.05, 3.63) is 42.0 Å². The van der Waals surface area contributed by atoms with E-state index in [4.69, 9.17) is 0 Å². The molecule has 0 amide bonds. The van der Waals surface area contributed by atoms with Crippen molar-refractivity contribution in [3.8, 4) is 0 Å². The zero-order valence-corrected chi connectivity index (χ0v) is 9.57. The van der Waals surface area contributed by atoms with Crippen LogP contribution in [0, 0.1) is 0 Å². The van der Waals surface area contributed by atoms with Crippen LogP contribution in [-0.4, -0.2) is 21.8 Å². The first kappa shape index (κ1) is 12.4. The molecule has 0 radical (unpaired) electrons. The van der Waals surface area contributed by atoms with Gasteiger partial charge in [0.1, 0.15) is 0 Å². The Balaban J connectivity index is 2.19. The summed E-state index contributed by atoms with van der Waals surface area (Å²) in [6.45, 7) is 0.249. The van der Waals surface area contributed by atoms with Crippen molar-refractivity contribution in [1.29, 1.82) is 0 Å². The van der Waals surface area contributed by atoms with Crippen molar-refractivity contribution >= 4 is 5.69 Å². The van der Waals surface area contributed by atoms with Crippen LogP contribution in [0.15, 0.2) is 30.9 Å². The molecule has 0 aromatic carbocycles. The molecule has 0 aliphatic carbocycles. The molecule has 0 saturated heterocycles. The van der Waals surface area contributed by atoms with Gasteiger partial charge in [0.25, 0.3) is 0 Å².